The highest BCUT2D eigenvalue weighted by Crippen LogP contribution is 2.22. The number of rotatable bonds is 9. The van der Waals surface area contributed by atoms with Crippen molar-refractivity contribution in [1.82, 2.24) is 0 Å². The molecular weight excluding hydrogens is 192 g/mol. The van der Waals surface area contributed by atoms with E-state index >= 15 is 0 Å². The minimum atomic E-state index is -0.771. The number of aliphatic carboxylic acids is 1. The highest BCUT2D eigenvalue weighted by Gasteiger charge is 2.25. The standard InChI is InChI=1S/C12H24O3/c1-3-5-6-7-8-10(9-13)11(4-2)12(14)15/h10-11,13H,3-9H2,1-2H3,(H,14,15). The van der Waals surface area contributed by atoms with E-state index in [0.717, 1.165) is 19.3 Å². The summed E-state index contributed by atoms with van der Waals surface area (Å²) in [7, 11) is 0. The van der Waals surface area contributed by atoms with Gasteiger partial charge in [0.1, 0.15) is 0 Å². The van der Waals surface area contributed by atoms with Gasteiger partial charge < -0.3 is 10.2 Å². The number of hydrogen-bond acceptors (Lipinski definition) is 2. The minimum absolute atomic E-state index is 0.00304. The van der Waals surface area contributed by atoms with Crippen LogP contribution in [0.2, 0.25) is 0 Å². The molecule has 0 aliphatic rings. The highest BCUT2D eigenvalue weighted by molar-refractivity contribution is 5.70. The Morgan fingerprint density at radius 3 is 2.27 bits per heavy atom. The molecule has 15 heavy (non-hydrogen) atoms. The van der Waals surface area contributed by atoms with Gasteiger partial charge in [-0.3, -0.25) is 4.79 Å². The van der Waals surface area contributed by atoms with E-state index in [4.69, 9.17) is 10.2 Å². The van der Waals surface area contributed by atoms with Gasteiger partial charge in [-0.15, -0.1) is 0 Å². The van der Waals surface area contributed by atoms with E-state index in [1.807, 2.05) is 6.92 Å². The number of aliphatic hydroxyl groups is 1. The van der Waals surface area contributed by atoms with E-state index in [1.54, 1.807) is 0 Å². The van der Waals surface area contributed by atoms with E-state index in [-0.39, 0.29) is 18.4 Å². The zero-order valence-corrected chi connectivity index (χ0v) is 9.91. The number of carbonyl (C=O) groups is 1. The molecule has 0 fully saturated rings. The van der Waals surface area contributed by atoms with Crippen molar-refractivity contribution >= 4 is 5.97 Å². The van der Waals surface area contributed by atoms with Crippen LogP contribution in [-0.2, 0) is 4.79 Å². The average molecular weight is 216 g/mol. The topological polar surface area (TPSA) is 57.5 Å². The van der Waals surface area contributed by atoms with E-state index < -0.39 is 5.97 Å². The van der Waals surface area contributed by atoms with E-state index in [9.17, 15) is 4.79 Å². The van der Waals surface area contributed by atoms with E-state index in [1.165, 1.54) is 12.8 Å². The van der Waals surface area contributed by atoms with Crippen LogP contribution in [0.1, 0.15) is 52.4 Å². The monoisotopic (exact) mass is 216 g/mol. The second kappa shape index (κ2) is 8.72. The predicted molar refractivity (Wildman–Crippen MR) is 60.8 cm³/mol. The van der Waals surface area contributed by atoms with Crippen molar-refractivity contribution in [3.63, 3.8) is 0 Å². The van der Waals surface area contributed by atoms with Crippen LogP contribution in [0.15, 0.2) is 0 Å². The number of hydrogen-bond donors (Lipinski definition) is 2. The SMILES string of the molecule is CCCCCCC(CO)C(CC)C(=O)O. The summed E-state index contributed by atoms with van der Waals surface area (Å²) in [6.45, 7) is 4.01. The van der Waals surface area contributed by atoms with Gasteiger partial charge in [0.25, 0.3) is 0 Å². The van der Waals surface area contributed by atoms with Crippen LogP contribution in [-0.4, -0.2) is 22.8 Å². The van der Waals surface area contributed by atoms with Crippen molar-refractivity contribution in [3.05, 3.63) is 0 Å². The Morgan fingerprint density at radius 1 is 1.20 bits per heavy atom. The third-order valence-corrected chi connectivity index (χ3v) is 2.99. The Balaban J connectivity index is 3.93. The number of carboxylic acids is 1. The Hall–Kier alpha value is -0.570. The van der Waals surface area contributed by atoms with Gasteiger partial charge in [-0.2, -0.15) is 0 Å². The summed E-state index contributed by atoms with van der Waals surface area (Å²) < 4.78 is 0. The fourth-order valence-corrected chi connectivity index (χ4v) is 1.96. The Kier molecular flexibility index (Phi) is 8.38. The fourth-order valence-electron chi connectivity index (χ4n) is 1.96. The first-order valence-electron chi connectivity index (χ1n) is 6.00. The summed E-state index contributed by atoms with van der Waals surface area (Å²) in [5, 5.41) is 18.1. The molecule has 90 valence electrons. The minimum Gasteiger partial charge on any atom is -0.481 e. The van der Waals surface area contributed by atoms with Gasteiger partial charge in [-0.1, -0.05) is 39.5 Å². The lowest BCUT2D eigenvalue weighted by molar-refractivity contribution is -0.144. The molecule has 0 spiro atoms. The zero-order valence-electron chi connectivity index (χ0n) is 9.91. The molecule has 0 heterocycles. The Bertz CT molecular complexity index is 168. The third kappa shape index (κ3) is 5.78. The third-order valence-electron chi connectivity index (χ3n) is 2.99. The van der Waals surface area contributed by atoms with Crippen molar-refractivity contribution in [2.75, 3.05) is 6.61 Å². The summed E-state index contributed by atoms with van der Waals surface area (Å²) in [6, 6.07) is 0. The van der Waals surface area contributed by atoms with Gasteiger partial charge in [-0.25, -0.2) is 0 Å². The molecule has 0 radical (unpaired) electrons. The lowest BCUT2D eigenvalue weighted by Gasteiger charge is -2.20. The second-order valence-electron chi connectivity index (χ2n) is 4.14. The summed E-state index contributed by atoms with van der Waals surface area (Å²) in [4.78, 5) is 10.9. The van der Waals surface area contributed by atoms with Crippen LogP contribution in [0, 0.1) is 11.8 Å². The molecule has 0 rings (SSSR count). The molecule has 2 atom stereocenters. The molecule has 0 aromatic rings. The first-order chi connectivity index (χ1) is 7.17. The van der Waals surface area contributed by atoms with Crippen molar-refractivity contribution in [1.29, 1.82) is 0 Å². The zero-order chi connectivity index (χ0) is 11.7. The molecule has 0 aromatic carbocycles. The predicted octanol–water partition coefficient (Wildman–Crippen LogP) is 2.68. The molecule has 3 nitrogen and oxygen atoms in total. The van der Waals surface area contributed by atoms with Gasteiger partial charge in [0.15, 0.2) is 0 Å². The second-order valence-corrected chi connectivity index (χ2v) is 4.14. The summed E-state index contributed by atoms with van der Waals surface area (Å²) in [6.07, 6.45) is 5.99. The summed E-state index contributed by atoms with van der Waals surface area (Å²) >= 11 is 0. The number of carboxylic acid groups (broad SMARTS) is 1. The summed E-state index contributed by atoms with van der Waals surface area (Å²) in [5.41, 5.74) is 0. The molecule has 2 N–H and O–H groups in total. The van der Waals surface area contributed by atoms with Crippen LogP contribution in [0.3, 0.4) is 0 Å². The number of aliphatic hydroxyl groups excluding tert-OH is 1. The van der Waals surface area contributed by atoms with Crippen LogP contribution >= 0.6 is 0 Å². The van der Waals surface area contributed by atoms with Crippen LogP contribution in [0.25, 0.3) is 0 Å². The maximum Gasteiger partial charge on any atom is 0.306 e. The van der Waals surface area contributed by atoms with Crippen LogP contribution in [0.5, 0.6) is 0 Å². The molecule has 0 amide bonds. The molecule has 2 unspecified atom stereocenters. The lowest BCUT2D eigenvalue weighted by atomic mass is 9.86. The molecule has 0 aliphatic heterocycles. The Labute approximate surface area is 92.5 Å². The maximum atomic E-state index is 10.9. The van der Waals surface area contributed by atoms with Crippen LogP contribution in [0.4, 0.5) is 0 Å². The molecule has 0 saturated carbocycles. The first-order valence-corrected chi connectivity index (χ1v) is 6.00. The van der Waals surface area contributed by atoms with E-state index in [0.29, 0.717) is 6.42 Å². The van der Waals surface area contributed by atoms with Crippen molar-refractivity contribution < 1.29 is 15.0 Å². The smallest absolute Gasteiger partial charge is 0.306 e. The highest BCUT2D eigenvalue weighted by atomic mass is 16.4. The Morgan fingerprint density at radius 2 is 1.87 bits per heavy atom. The molecule has 0 saturated heterocycles. The van der Waals surface area contributed by atoms with E-state index in [2.05, 4.69) is 6.92 Å². The molecule has 0 aliphatic carbocycles. The first kappa shape index (κ1) is 14.4. The van der Waals surface area contributed by atoms with Crippen LogP contribution < -0.4 is 0 Å². The van der Waals surface area contributed by atoms with Crippen molar-refractivity contribution in [2.45, 2.75) is 52.4 Å². The molecule has 0 bridgehead atoms. The lowest BCUT2D eigenvalue weighted by Crippen LogP contribution is -2.25. The van der Waals surface area contributed by atoms with Gasteiger partial charge in [0.05, 0.1) is 5.92 Å². The number of unbranched alkanes of at least 4 members (excludes halogenated alkanes) is 3. The maximum absolute atomic E-state index is 10.9. The molecule has 0 aromatic heterocycles. The fraction of sp³-hybridized carbons (Fsp3) is 0.917. The molecule has 3 heteroatoms. The van der Waals surface area contributed by atoms with Gasteiger partial charge in [0, 0.05) is 6.61 Å². The molecular formula is C12H24O3. The van der Waals surface area contributed by atoms with Gasteiger partial charge in [-0.05, 0) is 18.8 Å². The van der Waals surface area contributed by atoms with Crippen molar-refractivity contribution in [3.8, 4) is 0 Å². The normalized spacial score (nSPS) is 14.9. The van der Waals surface area contributed by atoms with Crippen molar-refractivity contribution in [2.24, 2.45) is 11.8 Å². The van der Waals surface area contributed by atoms with Gasteiger partial charge >= 0.3 is 5.97 Å². The largest absolute Gasteiger partial charge is 0.481 e. The average Bonchev–Trinajstić information content (AvgIpc) is 2.22. The summed E-state index contributed by atoms with van der Waals surface area (Å²) in [5.74, 6) is -1.21. The van der Waals surface area contributed by atoms with Gasteiger partial charge in [0.2, 0.25) is 0 Å². The quantitative estimate of drug-likeness (QED) is 0.583.